The Morgan fingerprint density at radius 1 is 1.40 bits per heavy atom. The van der Waals surface area contributed by atoms with E-state index in [1.54, 1.807) is 17.8 Å². The van der Waals surface area contributed by atoms with Gasteiger partial charge in [0.15, 0.2) is 5.13 Å². The molecule has 0 aliphatic carbocycles. The first-order valence-corrected chi connectivity index (χ1v) is 8.90. The Labute approximate surface area is 132 Å². The SMILES string of the molecule is CCCCCCSC(=S)Nc1nc2ccc(F)cc2s1. The van der Waals surface area contributed by atoms with Gasteiger partial charge >= 0.3 is 0 Å². The summed E-state index contributed by atoms with van der Waals surface area (Å²) >= 11 is 8.36. The smallest absolute Gasteiger partial charge is 0.189 e. The van der Waals surface area contributed by atoms with Gasteiger partial charge < -0.3 is 5.32 Å². The van der Waals surface area contributed by atoms with Gasteiger partial charge in [-0.2, -0.15) is 0 Å². The number of fused-ring (bicyclic) bond motifs is 1. The summed E-state index contributed by atoms with van der Waals surface area (Å²) in [5, 5.41) is 3.85. The number of benzene rings is 1. The number of aromatic nitrogens is 1. The number of anilines is 1. The highest BCUT2D eigenvalue weighted by atomic mass is 32.2. The fourth-order valence-corrected chi connectivity index (χ4v) is 3.84. The molecule has 2 nitrogen and oxygen atoms in total. The number of hydrogen-bond donors (Lipinski definition) is 1. The van der Waals surface area contributed by atoms with E-state index in [1.807, 2.05) is 0 Å². The molecule has 1 aromatic heterocycles. The van der Waals surface area contributed by atoms with Gasteiger partial charge in [0.05, 0.1) is 10.2 Å². The van der Waals surface area contributed by atoms with Crippen molar-refractivity contribution in [1.29, 1.82) is 0 Å². The molecule has 0 atom stereocenters. The maximum Gasteiger partial charge on any atom is 0.189 e. The van der Waals surface area contributed by atoms with Gasteiger partial charge in [-0.25, -0.2) is 9.37 Å². The van der Waals surface area contributed by atoms with Crippen LogP contribution in [0.15, 0.2) is 18.2 Å². The van der Waals surface area contributed by atoms with Gasteiger partial charge in [-0.05, 0) is 24.6 Å². The first-order chi connectivity index (χ1) is 9.69. The molecule has 0 fully saturated rings. The van der Waals surface area contributed by atoms with Crippen LogP contribution in [-0.4, -0.2) is 15.1 Å². The molecule has 2 rings (SSSR count). The van der Waals surface area contributed by atoms with Crippen molar-refractivity contribution < 1.29 is 4.39 Å². The Balaban J connectivity index is 1.83. The number of rotatable bonds is 6. The lowest BCUT2D eigenvalue weighted by Gasteiger charge is -2.03. The number of thiocarbonyl (C=S) groups is 1. The van der Waals surface area contributed by atoms with Crippen LogP contribution in [0.25, 0.3) is 10.2 Å². The Hall–Kier alpha value is -0.720. The molecule has 1 N–H and O–H groups in total. The number of thiazole rings is 1. The summed E-state index contributed by atoms with van der Waals surface area (Å²) < 4.78 is 14.7. The molecule has 0 bridgehead atoms. The number of hydrogen-bond acceptors (Lipinski definition) is 4. The van der Waals surface area contributed by atoms with Crippen molar-refractivity contribution in [2.75, 3.05) is 11.1 Å². The van der Waals surface area contributed by atoms with Gasteiger partial charge in [-0.15, -0.1) is 0 Å². The number of nitrogens with one attached hydrogen (secondary N) is 1. The summed E-state index contributed by atoms with van der Waals surface area (Å²) in [6, 6.07) is 4.61. The molecule has 0 saturated carbocycles. The van der Waals surface area contributed by atoms with Gasteiger partial charge in [-0.1, -0.05) is 61.5 Å². The second kappa shape index (κ2) is 7.90. The molecular weight excluding hydrogens is 311 g/mol. The van der Waals surface area contributed by atoms with E-state index in [1.165, 1.54) is 49.2 Å². The summed E-state index contributed by atoms with van der Waals surface area (Å²) in [5.41, 5.74) is 0.801. The zero-order valence-corrected chi connectivity index (χ0v) is 13.8. The molecule has 0 aliphatic heterocycles. The number of halogens is 1. The van der Waals surface area contributed by atoms with Crippen LogP contribution < -0.4 is 5.32 Å². The molecule has 0 radical (unpaired) electrons. The Bertz CT molecular complexity index is 583. The molecule has 0 aliphatic rings. The maximum atomic E-state index is 13.1. The molecule has 0 amide bonds. The maximum absolute atomic E-state index is 13.1. The van der Waals surface area contributed by atoms with Crippen molar-refractivity contribution in [1.82, 2.24) is 4.98 Å². The molecule has 2 aromatic rings. The molecular formula is C14H17FN2S3. The monoisotopic (exact) mass is 328 g/mol. The van der Waals surface area contributed by atoms with E-state index in [4.69, 9.17) is 12.2 Å². The summed E-state index contributed by atoms with van der Waals surface area (Å²) in [7, 11) is 0. The highest BCUT2D eigenvalue weighted by molar-refractivity contribution is 8.23. The minimum Gasteiger partial charge on any atom is -0.317 e. The van der Waals surface area contributed by atoms with E-state index in [9.17, 15) is 4.39 Å². The average Bonchev–Trinajstić information content (AvgIpc) is 2.79. The van der Waals surface area contributed by atoms with E-state index in [-0.39, 0.29) is 5.82 Å². The van der Waals surface area contributed by atoms with Crippen molar-refractivity contribution >= 4 is 55.0 Å². The first-order valence-electron chi connectivity index (χ1n) is 6.69. The number of nitrogens with zero attached hydrogens (tertiary/aromatic N) is 1. The van der Waals surface area contributed by atoms with Crippen LogP contribution in [0, 0.1) is 5.82 Å². The second-order valence-electron chi connectivity index (χ2n) is 4.45. The molecule has 20 heavy (non-hydrogen) atoms. The van der Waals surface area contributed by atoms with Crippen LogP contribution >= 0.6 is 35.3 Å². The van der Waals surface area contributed by atoms with Gasteiger partial charge in [0, 0.05) is 5.75 Å². The Morgan fingerprint density at radius 2 is 2.25 bits per heavy atom. The van der Waals surface area contributed by atoms with E-state index >= 15 is 0 Å². The Kier molecular flexibility index (Phi) is 6.19. The molecule has 6 heteroatoms. The standard InChI is InChI=1S/C14H17FN2S3/c1-2-3-4-5-8-19-14(18)17-13-16-11-7-6-10(15)9-12(11)20-13/h6-7,9H,2-5,8H2,1H3,(H,16,17,18). The lowest BCUT2D eigenvalue weighted by atomic mass is 10.2. The summed E-state index contributed by atoms with van der Waals surface area (Å²) in [6.07, 6.45) is 4.97. The van der Waals surface area contributed by atoms with Crippen LogP contribution in [0.4, 0.5) is 9.52 Å². The third kappa shape index (κ3) is 4.68. The van der Waals surface area contributed by atoms with Crippen LogP contribution in [0.5, 0.6) is 0 Å². The molecule has 1 aromatic carbocycles. The zero-order chi connectivity index (χ0) is 14.4. The average molecular weight is 329 g/mol. The van der Waals surface area contributed by atoms with Crippen LogP contribution in [0.3, 0.4) is 0 Å². The third-order valence-corrected chi connectivity index (χ3v) is 5.04. The van der Waals surface area contributed by atoms with E-state index in [2.05, 4.69) is 17.2 Å². The molecule has 0 saturated heterocycles. The molecule has 0 spiro atoms. The quantitative estimate of drug-likeness (QED) is 0.563. The highest BCUT2D eigenvalue weighted by Gasteiger charge is 2.06. The molecule has 108 valence electrons. The van der Waals surface area contributed by atoms with E-state index in [0.29, 0.717) is 0 Å². The largest absolute Gasteiger partial charge is 0.317 e. The van der Waals surface area contributed by atoms with E-state index < -0.39 is 0 Å². The van der Waals surface area contributed by atoms with Crippen LogP contribution in [0.2, 0.25) is 0 Å². The topological polar surface area (TPSA) is 24.9 Å². The number of unbranched alkanes of at least 4 members (excludes halogenated alkanes) is 3. The third-order valence-electron chi connectivity index (χ3n) is 2.79. The van der Waals surface area contributed by atoms with Crippen molar-refractivity contribution in [2.45, 2.75) is 32.6 Å². The van der Waals surface area contributed by atoms with Crippen molar-refractivity contribution in [3.63, 3.8) is 0 Å². The Morgan fingerprint density at radius 3 is 3.05 bits per heavy atom. The van der Waals surface area contributed by atoms with Crippen molar-refractivity contribution in [3.05, 3.63) is 24.0 Å². The van der Waals surface area contributed by atoms with Crippen LogP contribution in [-0.2, 0) is 0 Å². The fourth-order valence-electron chi connectivity index (χ4n) is 1.77. The van der Waals surface area contributed by atoms with Crippen molar-refractivity contribution in [2.24, 2.45) is 0 Å². The molecule has 1 heterocycles. The predicted octanol–water partition coefficient (Wildman–Crippen LogP) is 5.45. The minimum atomic E-state index is -0.236. The summed E-state index contributed by atoms with van der Waals surface area (Å²) in [5.74, 6) is 0.798. The van der Waals surface area contributed by atoms with Gasteiger partial charge in [0.2, 0.25) is 0 Å². The lowest BCUT2D eigenvalue weighted by molar-refractivity contribution is 0.630. The molecule has 0 unspecified atom stereocenters. The highest BCUT2D eigenvalue weighted by Crippen LogP contribution is 2.27. The first kappa shape index (κ1) is 15.7. The lowest BCUT2D eigenvalue weighted by Crippen LogP contribution is -2.04. The van der Waals surface area contributed by atoms with Gasteiger partial charge in [0.1, 0.15) is 10.1 Å². The van der Waals surface area contributed by atoms with Crippen LogP contribution in [0.1, 0.15) is 32.6 Å². The predicted molar refractivity (Wildman–Crippen MR) is 92.4 cm³/mol. The fraction of sp³-hybridized carbons (Fsp3) is 0.429. The number of thioether (sulfide) groups is 1. The van der Waals surface area contributed by atoms with E-state index in [0.717, 1.165) is 25.4 Å². The van der Waals surface area contributed by atoms with Gasteiger partial charge in [0.25, 0.3) is 0 Å². The summed E-state index contributed by atoms with van der Waals surface area (Å²) in [6.45, 7) is 2.20. The zero-order valence-electron chi connectivity index (χ0n) is 11.3. The van der Waals surface area contributed by atoms with Crippen molar-refractivity contribution in [3.8, 4) is 0 Å². The minimum absolute atomic E-state index is 0.236. The second-order valence-corrected chi connectivity index (χ2v) is 7.26. The normalized spacial score (nSPS) is 10.9. The summed E-state index contributed by atoms with van der Waals surface area (Å²) in [4.78, 5) is 4.39. The van der Waals surface area contributed by atoms with Gasteiger partial charge in [-0.3, -0.25) is 0 Å².